The highest BCUT2D eigenvalue weighted by Gasteiger charge is 2.33. The van der Waals surface area contributed by atoms with Crippen molar-refractivity contribution in [3.05, 3.63) is 89.4 Å². The number of halogens is 1. The van der Waals surface area contributed by atoms with Crippen LogP contribution in [0.1, 0.15) is 24.9 Å². The number of fused-ring (bicyclic) bond motifs is 1. The van der Waals surface area contributed by atoms with Gasteiger partial charge in [0.2, 0.25) is 0 Å². The zero-order valence-corrected chi connectivity index (χ0v) is 17.0. The number of benzene rings is 3. The van der Waals surface area contributed by atoms with Crippen molar-refractivity contribution in [2.45, 2.75) is 25.4 Å². The molecule has 1 N–H and O–H groups in total. The van der Waals surface area contributed by atoms with Crippen molar-refractivity contribution >= 4 is 28.9 Å². The summed E-state index contributed by atoms with van der Waals surface area (Å²) < 4.78 is 5.70. The summed E-state index contributed by atoms with van der Waals surface area (Å²) >= 11 is 5.91. The van der Waals surface area contributed by atoms with Gasteiger partial charge in [-0.05, 0) is 61.4 Å². The molecule has 4 nitrogen and oxygen atoms in total. The summed E-state index contributed by atoms with van der Waals surface area (Å²) in [4.78, 5) is 14.9. The van der Waals surface area contributed by atoms with E-state index in [4.69, 9.17) is 16.3 Å². The lowest BCUT2D eigenvalue weighted by Crippen LogP contribution is -2.46. The van der Waals surface area contributed by atoms with Gasteiger partial charge in [-0.2, -0.15) is 0 Å². The fourth-order valence-electron chi connectivity index (χ4n) is 3.81. The number of para-hydroxylation sites is 2. The molecule has 1 aliphatic rings. The highest BCUT2D eigenvalue weighted by Crippen LogP contribution is 2.38. The SMILES string of the molecule is C[C@@H]1C[C@H](Nc2ccccc2)c2ccccc2N1C(=O)COc1ccc(Cl)cc1. The molecule has 0 spiro atoms. The topological polar surface area (TPSA) is 41.6 Å². The van der Waals surface area contributed by atoms with E-state index in [1.807, 2.05) is 41.3 Å². The molecule has 0 unspecified atom stereocenters. The Hall–Kier alpha value is -2.98. The summed E-state index contributed by atoms with van der Waals surface area (Å²) in [7, 11) is 0. The molecular formula is C24H23ClN2O2. The minimum absolute atomic E-state index is 0.0168. The Morgan fingerprint density at radius 3 is 2.48 bits per heavy atom. The zero-order valence-electron chi connectivity index (χ0n) is 16.2. The van der Waals surface area contributed by atoms with Crippen LogP contribution in [0.4, 0.5) is 11.4 Å². The second-order valence-corrected chi connectivity index (χ2v) is 7.65. The van der Waals surface area contributed by atoms with Crippen molar-refractivity contribution in [3.63, 3.8) is 0 Å². The van der Waals surface area contributed by atoms with Gasteiger partial charge >= 0.3 is 0 Å². The van der Waals surface area contributed by atoms with E-state index in [0.29, 0.717) is 10.8 Å². The molecule has 0 saturated carbocycles. The van der Waals surface area contributed by atoms with E-state index in [1.165, 1.54) is 0 Å². The number of nitrogens with one attached hydrogen (secondary N) is 1. The predicted octanol–water partition coefficient (Wildman–Crippen LogP) is 5.70. The predicted molar refractivity (Wildman–Crippen MR) is 118 cm³/mol. The van der Waals surface area contributed by atoms with Gasteiger partial charge in [-0.15, -0.1) is 0 Å². The van der Waals surface area contributed by atoms with Gasteiger partial charge in [0, 0.05) is 22.4 Å². The molecule has 3 aromatic rings. The molecule has 0 aliphatic carbocycles. The largest absolute Gasteiger partial charge is 0.484 e. The average Bonchev–Trinajstić information content (AvgIpc) is 2.74. The Morgan fingerprint density at radius 1 is 1.03 bits per heavy atom. The first-order valence-corrected chi connectivity index (χ1v) is 10.1. The van der Waals surface area contributed by atoms with Gasteiger partial charge in [0.25, 0.3) is 5.91 Å². The number of nitrogens with zero attached hydrogens (tertiary/aromatic N) is 1. The average molecular weight is 407 g/mol. The highest BCUT2D eigenvalue weighted by atomic mass is 35.5. The van der Waals surface area contributed by atoms with Crippen molar-refractivity contribution in [2.75, 3.05) is 16.8 Å². The molecule has 0 aromatic heterocycles. The van der Waals surface area contributed by atoms with Crippen LogP contribution >= 0.6 is 11.6 Å². The number of ether oxygens (including phenoxy) is 1. The lowest BCUT2D eigenvalue weighted by atomic mass is 9.91. The van der Waals surface area contributed by atoms with E-state index in [-0.39, 0.29) is 24.6 Å². The molecule has 0 bridgehead atoms. The van der Waals surface area contributed by atoms with Crippen LogP contribution in [0.15, 0.2) is 78.9 Å². The van der Waals surface area contributed by atoms with Gasteiger partial charge in [-0.1, -0.05) is 48.0 Å². The fourth-order valence-corrected chi connectivity index (χ4v) is 3.94. The van der Waals surface area contributed by atoms with Crippen molar-refractivity contribution < 1.29 is 9.53 Å². The number of amides is 1. The quantitative estimate of drug-likeness (QED) is 0.591. The van der Waals surface area contributed by atoms with Crippen LogP contribution in [-0.2, 0) is 4.79 Å². The van der Waals surface area contributed by atoms with E-state index < -0.39 is 0 Å². The van der Waals surface area contributed by atoms with Gasteiger partial charge in [-0.3, -0.25) is 4.79 Å². The Kier molecular flexibility index (Phi) is 5.72. The van der Waals surface area contributed by atoms with Crippen molar-refractivity contribution in [3.8, 4) is 5.75 Å². The van der Waals surface area contributed by atoms with Crippen molar-refractivity contribution in [2.24, 2.45) is 0 Å². The van der Waals surface area contributed by atoms with Crippen LogP contribution in [0.3, 0.4) is 0 Å². The lowest BCUT2D eigenvalue weighted by Gasteiger charge is -2.40. The molecule has 3 aromatic carbocycles. The summed E-state index contributed by atoms with van der Waals surface area (Å²) in [5.74, 6) is 0.572. The van der Waals surface area contributed by atoms with Crippen LogP contribution in [0.25, 0.3) is 0 Å². The monoisotopic (exact) mass is 406 g/mol. The van der Waals surface area contributed by atoms with Gasteiger partial charge in [0.05, 0.1) is 6.04 Å². The maximum atomic E-state index is 13.0. The molecule has 1 heterocycles. The summed E-state index contributed by atoms with van der Waals surface area (Å²) in [6.45, 7) is 2.06. The number of hydrogen-bond acceptors (Lipinski definition) is 3. The zero-order chi connectivity index (χ0) is 20.2. The number of carbonyl (C=O) groups is 1. The second-order valence-electron chi connectivity index (χ2n) is 7.21. The molecule has 1 aliphatic heterocycles. The van der Waals surface area contributed by atoms with Crippen molar-refractivity contribution in [1.29, 1.82) is 0 Å². The molecular weight excluding hydrogens is 384 g/mol. The normalized spacial score (nSPS) is 18.1. The molecule has 4 rings (SSSR count). The van der Waals surface area contributed by atoms with Crippen LogP contribution in [0, 0.1) is 0 Å². The fraction of sp³-hybridized carbons (Fsp3) is 0.208. The smallest absolute Gasteiger partial charge is 0.265 e. The summed E-state index contributed by atoms with van der Waals surface area (Å²) in [5.41, 5.74) is 3.13. The van der Waals surface area contributed by atoms with Crippen LogP contribution in [0.2, 0.25) is 5.02 Å². The standard InChI is InChI=1S/C24H23ClN2O2/c1-17-15-22(26-19-7-3-2-4-8-19)21-9-5-6-10-23(21)27(17)24(28)16-29-20-13-11-18(25)12-14-20/h2-14,17,22,26H,15-16H2,1H3/t17-,22+/m1/s1. The summed E-state index contributed by atoms with van der Waals surface area (Å²) in [5, 5.41) is 4.25. The number of anilines is 2. The molecule has 148 valence electrons. The first-order valence-electron chi connectivity index (χ1n) is 9.73. The van der Waals surface area contributed by atoms with Crippen molar-refractivity contribution in [1.82, 2.24) is 0 Å². The third-order valence-electron chi connectivity index (χ3n) is 5.15. The minimum Gasteiger partial charge on any atom is -0.484 e. The van der Waals surface area contributed by atoms with Gasteiger partial charge in [0.15, 0.2) is 6.61 Å². The maximum absolute atomic E-state index is 13.0. The molecule has 0 radical (unpaired) electrons. The van der Waals surface area contributed by atoms with Crippen LogP contribution in [-0.4, -0.2) is 18.6 Å². The van der Waals surface area contributed by atoms with E-state index in [9.17, 15) is 4.79 Å². The molecule has 2 atom stereocenters. The first kappa shape index (κ1) is 19.3. The molecule has 0 saturated heterocycles. The van der Waals surface area contributed by atoms with Crippen LogP contribution < -0.4 is 15.0 Å². The van der Waals surface area contributed by atoms with E-state index in [0.717, 1.165) is 23.4 Å². The van der Waals surface area contributed by atoms with Gasteiger partial charge < -0.3 is 15.0 Å². The molecule has 1 amide bonds. The number of rotatable bonds is 5. The Labute approximate surface area is 176 Å². The number of hydrogen-bond donors (Lipinski definition) is 1. The second kappa shape index (κ2) is 8.58. The third kappa shape index (κ3) is 4.38. The molecule has 29 heavy (non-hydrogen) atoms. The Morgan fingerprint density at radius 2 is 1.72 bits per heavy atom. The van der Waals surface area contributed by atoms with Gasteiger partial charge in [-0.25, -0.2) is 0 Å². The van der Waals surface area contributed by atoms with E-state index in [1.54, 1.807) is 24.3 Å². The highest BCUT2D eigenvalue weighted by molar-refractivity contribution is 6.30. The molecule has 5 heteroatoms. The van der Waals surface area contributed by atoms with E-state index >= 15 is 0 Å². The van der Waals surface area contributed by atoms with Gasteiger partial charge in [0.1, 0.15) is 5.75 Å². The van der Waals surface area contributed by atoms with E-state index in [2.05, 4.69) is 30.4 Å². The molecule has 0 fully saturated rings. The minimum atomic E-state index is -0.0574. The maximum Gasteiger partial charge on any atom is 0.265 e. The number of carbonyl (C=O) groups excluding carboxylic acids is 1. The summed E-state index contributed by atoms with van der Waals surface area (Å²) in [6, 6.07) is 25.5. The Bertz CT molecular complexity index is 976. The third-order valence-corrected chi connectivity index (χ3v) is 5.40. The van der Waals surface area contributed by atoms with Crippen LogP contribution in [0.5, 0.6) is 5.75 Å². The summed E-state index contributed by atoms with van der Waals surface area (Å²) in [6.07, 6.45) is 0.818. The lowest BCUT2D eigenvalue weighted by molar-refractivity contribution is -0.121. The Balaban J connectivity index is 1.53. The first-order chi connectivity index (χ1) is 14.1.